The Balaban J connectivity index is 1.27. The molecule has 4 rings (SSSR count). The van der Waals surface area contributed by atoms with Crippen molar-refractivity contribution in [1.29, 1.82) is 0 Å². The maximum Gasteiger partial charge on any atom is 0.230 e. The lowest BCUT2D eigenvalue weighted by molar-refractivity contribution is -0.118. The van der Waals surface area contributed by atoms with E-state index in [4.69, 9.17) is 9.26 Å². The summed E-state index contributed by atoms with van der Waals surface area (Å²) in [4.78, 5) is 12.0. The highest BCUT2D eigenvalue weighted by atomic mass is 32.2. The maximum atomic E-state index is 12.0. The second-order valence-corrected chi connectivity index (χ2v) is 7.88. The molecule has 0 spiro atoms. The highest BCUT2D eigenvalue weighted by Gasteiger charge is 2.20. The van der Waals surface area contributed by atoms with Gasteiger partial charge in [0.05, 0.1) is 12.3 Å². The summed E-state index contributed by atoms with van der Waals surface area (Å²) in [7, 11) is 0. The number of carbonyl (C=O) groups excluding carboxylic acids is 1. The van der Waals surface area contributed by atoms with Crippen LogP contribution in [0.1, 0.15) is 23.7 Å². The molecule has 1 unspecified atom stereocenters. The second kappa shape index (κ2) is 8.52. The minimum Gasteiger partial charge on any atom is -0.490 e. The average molecular weight is 394 g/mol. The number of fused-ring (bicyclic) bond motifs is 1. The highest BCUT2D eigenvalue weighted by molar-refractivity contribution is 7.99. The topological polar surface area (TPSA) is 64.4 Å². The van der Waals surface area contributed by atoms with Gasteiger partial charge in [-0.2, -0.15) is 0 Å². The van der Waals surface area contributed by atoms with E-state index >= 15 is 0 Å². The van der Waals surface area contributed by atoms with Crippen LogP contribution in [-0.2, 0) is 23.5 Å². The van der Waals surface area contributed by atoms with E-state index in [1.54, 1.807) is 11.8 Å². The second-order valence-electron chi connectivity index (χ2n) is 6.89. The normalized spacial score (nSPS) is 15.1. The quantitative estimate of drug-likeness (QED) is 0.650. The summed E-state index contributed by atoms with van der Waals surface area (Å²) in [5.74, 6) is 2.88. The number of ether oxygens (including phenoxy) is 1. The number of amides is 1. The first kappa shape index (κ1) is 18.6. The van der Waals surface area contributed by atoms with Gasteiger partial charge in [-0.1, -0.05) is 35.5 Å². The van der Waals surface area contributed by atoms with Crippen LogP contribution >= 0.6 is 11.8 Å². The van der Waals surface area contributed by atoms with Crippen LogP contribution in [0.4, 0.5) is 0 Å². The summed E-state index contributed by atoms with van der Waals surface area (Å²) in [5, 5.41) is 6.97. The van der Waals surface area contributed by atoms with Gasteiger partial charge in [-0.05, 0) is 36.2 Å². The van der Waals surface area contributed by atoms with Gasteiger partial charge < -0.3 is 14.6 Å². The van der Waals surface area contributed by atoms with Crippen molar-refractivity contribution in [3.05, 3.63) is 71.4 Å². The molecule has 1 aliphatic heterocycles. The molecule has 1 amide bonds. The van der Waals surface area contributed by atoms with Crippen molar-refractivity contribution in [3.63, 3.8) is 0 Å². The predicted octanol–water partition coefficient (Wildman–Crippen LogP) is 4.21. The molecule has 5 nitrogen and oxygen atoms in total. The van der Waals surface area contributed by atoms with Gasteiger partial charge >= 0.3 is 0 Å². The molecule has 1 atom stereocenters. The van der Waals surface area contributed by atoms with E-state index in [-0.39, 0.29) is 12.0 Å². The van der Waals surface area contributed by atoms with Crippen LogP contribution in [0.3, 0.4) is 0 Å². The summed E-state index contributed by atoms with van der Waals surface area (Å²) in [5.41, 5.74) is 4.09. The van der Waals surface area contributed by atoms with E-state index in [2.05, 4.69) is 35.6 Å². The van der Waals surface area contributed by atoms with Crippen LogP contribution < -0.4 is 10.1 Å². The number of thioether (sulfide) groups is 1. The Kier molecular flexibility index (Phi) is 5.67. The third kappa shape index (κ3) is 4.57. The van der Waals surface area contributed by atoms with Gasteiger partial charge in [0, 0.05) is 23.8 Å². The highest BCUT2D eigenvalue weighted by Crippen LogP contribution is 2.33. The van der Waals surface area contributed by atoms with E-state index in [1.807, 2.05) is 36.4 Å². The Morgan fingerprint density at radius 1 is 1.21 bits per heavy atom. The van der Waals surface area contributed by atoms with Crippen molar-refractivity contribution < 1.29 is 14.1 Å². The molecular formula is C22H22N2O3S. The molecule has 1 aliphatic rings. The number of carbonyl (C=O) groups is 1. The molecule has 28 heavy (non-hydrogen) atoms. The van der Waals surface area contributed by atoms with Gasteiger partial charge in [-0.25, -0.2) is 0 Å². The van der Waals surface area contributed by atoms with Crippen molar-refractivity contribution in [2.24, 2.45) is 0 Å². The van der Waals surface area contributed by atoms with Crippen molar-refractivity contribution in [2.75, 3.05) is 5.75 Å². The van der Waals surface area contributed by atoms with Crippen molar-refractivity contribution in [1.82, 2.24) is 10.5 Å². The summed E-state index contributed by atoms with van der Waals surface area (Å²) in [6.45, 7) is 2.42. The molecule has 0 fully saturated rings. The Hall–Kier alpha value is -2.73. The van der Waals surface area contributed by atoms with Crippen LogP contribution in [0.5, 0.6) is 5.75 Å². The molecular weight excluding hydrogens is 372 g/mol. The average Bonchev–Trinajstić information content (AvgIpc) is 3.32. The predicted molar refractivity (Wildman–Crippen MR) is 110 cm³/mol. The molecule has 1 N–H and O–H groups in total. The number of nitrogens with one attached hydrogen (secondary N) is 1. The Morgan fingerprint density at radius 3 is 2.93 bits per heavy atom. The fourth-order valence-corrected chi connectivity index (χ4v) is 4.00. The van der Waals surface area contributed by atoms with Gasteiger partial charge in [0.1, 0.15) is 17.5 Å². The van der Waals surface area contributed by atoms with Gasteiger partial charge in [0.2, 0.25) is 5.91 Å². The van der Waals surface area contributed by atoms with Crippen molar-refractivity contribution in [3.8, 4) is 17.1 Å². The Labute approximate surface area is 168 Å². The molecule has 1 aromatic heterocycles. The Morgan fingerprint density at radius 2 is 2.07 bits per heavy atom. The van der Waals surface area contributed by atoms with Crippen LogP contribution in [0.2, 0.25) is 0 Å². The van der Waals surface area contributed by atoms with Crippen molar-refractivity contribution >= 4 is 17.7 Å². The van der Waals surface area contributed by atoms with E-state index in [0.717, 1.165) is 23.5 Å². The standard InChI is InChI=1S/C22H22N2O3S/c1-15-9-18-10-17(7-8-20(18)26-15)21-11-19(24-27-21)12-23-22(25)14-28-13-16-5-3-2-4-6-16/h2-8,10-11,15H,9,12-14H2,1H3,(H,23,25). The van der Waals surface area contributed by atoms with Crippen LogP contribution in [0, 0.1) is 0 Å². The monoisotopic (exact) mass is 394 g/mol. The molecule has 2 heterocycles. The molecule has 6 heteroatoms. The number of hydrogen-bond donors (Lipinski definition) is 1. The van der Waals surface area contributed by atoms with E-state index < -0.39 is 0 Å². The third-order valence-electron chi connectivity index (χ3n) is 4.55. The number of rotatable bonds is 7. The third-order valence-corrected chi connectivity index (χ3v) is 5.55. The zero-order chi connectivity index (χ0) is 19.3. The first-order chi connectivity index (χ1) is 13.7. The number of benzene rings is 2. The molecule has 0 radical (unpaired) electrons. The molecule has 3 aromatic rings. The largest absolute Gasteiger partial charge is 0.490 e. The van der Waals surface area contributed by atoms with E-state index in [9.17, 15) is 4.79 Å². The fourth-order valence-electron chi connectivity index (χ4n) is 3.18. The summed E-state index contributed by atoms with van der Waals surface area (Å²) >= 11 is 1.60. The first-order valence-electron chi connectivity index (χ1n) is 9.31. The lowest BCUT2D eigenvalue weighted by atomic mass is 10.1. The van der Waals surface area contributed by atoms with Crippen LogP contribution in [0.25, 0.3) is 11.3 Å². The zero-order valence-corrected chi connectivity index (χ0v) is 16.5. The lowest BCUT2D eigenvalue weighted by Gasteiger charge is -2.03. The SMILES string of the molecule is CC1Cc2cc(-c3cc(CNC(=O)CSCc4ccccc4)no3)ccc2O1. The summed E-state index contributed by atoms with van der Waals surface area (Å²) in [6, 6.07) is 18.0. The summed E-state index contributed by atoms with van der Waals surface area (Å²) < 4.78 is 11.2. The first-order valence-corrected chi connectivity index (χ1v) is 10.5. The van der Waals surface area contributed by atoms with Gasteiger partial charge in [0.15, 0.2) is 5.76 Å². The molecule has 0 aliphatic carbocycles. The fraction of sp³-hybridized carbons (Fsp3) is 0.273. The zero-order valence-electron chi connectivity index (χ0n) is 15.7. The van der Waals surface area contributed by atoms with E-state index in [1.165, 1.54) is 11.1 Å². The minimum absolute atomic E-state index is 0.00542. The summed E-state index contributed by atoms with van der Waals surface area (Å²) in [6.07, 6.45) is 1.12. The Bertz CT molecular complexity index is 955. The maximum absolute atomic E-state index is 12.0. The van der Waals surface area contributed by atoms with Crippen LogP contribution in [0.15, 0.2) is 59.1 Å². The van der Waals surface area contributed by atoms with E-state index in [0.29, 0.717) is 23.8 Å². The molecule has 0 saturated heterocycles. The number of aromatic nitrogens is 1. The van der Waals surface area contributed by atoms with Crippen molar-refractivity contribution in [2.45, 2.75) is 31.7 Å². The number of hydrogen-bond acceptors (Lipinski definition) is 5. The molecule has 2 aromatic carbocycles. The van der Waals surface area contributed by atoms with Crippen LogP contribution in [-0.4, -0.2) is 22.9 Å². The molecule has 144 valence electrons. The van der Waals surface area contributed by atoms with Gasteiger partial charge in [-0.3, -0.25) is 4.79 Å². The minimum atomic E-state index is -0.00542. The molecule has 0 saturated carbocycles. The molecule has 0 bridgehead atoms. The number of nitrogens with zero attached hydrogens (tertiary/aromatic N) is 1. The smallest absolute Gasteiger partial charge is 0.230 e. The lowest BCUT2D eigenvalue weighted by Crippen LogP contribution is -2.24. The van der Waals surface area contributed by atoms with Gasteiger partial charge in [0.25, 0.3) is 0 Å². The van der Waals surface area contributed by atoms with Gasteiger partial charge in [-0.15, -0.1) is 11.8 Å².